The summed E-state index contributed by atoms with van der Waals surface area (Å²) < 4.78 is 9.93. The molecule has 0 aliphatic carbocycles. The van der Waals surface area contributed by atoms with Gasteiger partial charge in [0.2, 0.25) is 0 Å². The minimum Gasteiger partial charge on any atom is -0.497 e. The molecule has 3 heteroatoms. The Kier molecular flexibility index (Phi) is 3.40. The zero-order chi connectivity index (χ0) is 12.1. The zero-order valence-corrected chi connectivity index (χ0v) is 9.42. The van der Waals surface area contributed by atoms with Gasteiger partial charge in [-0.3, -0.25) is 4.79 Å². The van der Waals surface area contributed by atoms with Crippen LogP contribution in [-0.4, -0.2) is 12.9 Å². The number of rotatable bonds is 4. The zero-order valence-electron chi connectivity index (χ0n) is 9.42. The highest BCUT2D eigenvalue weighted by Gasteiger charge is 2.01. The van der Waals surface area contributed by atoms with E-state index in [-0.39, 0.29) is 5.78 Å². The van der Waals surface area contributed by atoms with Crippen molar-refractivity contribution in [3.8, 4) is 5.75 Å². The third kappa shape index (κ3) is 2.84. The standard InChI is InChI=1S/C14H12O3/c1-16-13-5-3-12(4-6-13)14(15)7-2-11-8-9-17-10-11/h2-10H,1H3. The number of hydrogen-bond donors (Lipinski definition) is 0. The fourth-order valence-corrected chi connectivity index (χ4v) is 1.39. The summed E-state index contributed by atoms with van der Waals surface area (Å²) >= 11 is 0. The Balaban J connectivity index is 2.09. The van der Waals surface area contributed by atoms with E-state index in [2.05, 4.69) is 0 Å². The molecule has 0 saturated carbocycles. The molecule has 0 aliphatic rings. The second kappa shape index (κ2) is 5.16. The molecule has 17 heavy (non-hydrogen) atoms. The number of benzene rings is 1. The minimum atomic E-state index is -0.0474. The van der Waals surface area contributed by atoms with Gasteiger partial charge in [-0.15, -0.1) is 0 Å². The largest absolute Gasteiger partial charge is 0.497 e. The Labute approximate surface area is 99.3 Å². The maximum Gasteiger partial charge on any atom is 0.185 e. The quantitative estimate of drug-likeness (QED) is 0.596. The Hall–Kier alpha value is -2.29. The van der Waals surface area contributed by atoms with Gasteiger partial charge in [0.05, 0.1) is 19.6 Å². The summed E-state index contributed by atoms with van der Waals surface area (Å²) in [6.07, 6.45) is 6.39. The van der Waals surface area contributed by atoms with Gasteiger partial charge in [0.15, 0.2) is 5.78 Å². The summed E-state index contributed by atoms with van der Waals surface area (Å²) in [7, 11) is 1.59. The molecule has 0 radical (unpaired) electrons. The average Bonchev–Trinajstić information content (AvgIpc) is 2.89. The maximum atomic E-state index is 11.8. The number of ether oxygens (including phenoxy) is 1. The molecule has 1 heterocycles. The first-order valence-corrected chi connectivity index (χ1v) is 5.18. The van der Waals surface area contributed by atoms with Crippen molar-refractivity contribution in [1.82, 2.24) is 0 Å². The Morgan fingerprint density at radius 3 is 2.59 bits per heavy atom. The number of carbonyl (C=O) groups is 1. The lowest BCUT2D eigenvalue weighted by atomic mass is 10.1. The van der Waals surface area contributed by atoms with E-state index >= 15 is 0 Å². The van der Waals surface area contributed by atoms with Gasteiger partial charge < -0.3 is 9.15 Å². The van der Waals surface area contributed by atoms with E-state index in [1.165, 1.54) is 6.08 Å². The van der Waals surface area contributed by atoms with Crippen LogP contribution < -0.4 is 4.74 Å². The van der Waals surface area contributed by atoms with Gasteiger partial charge in [0.25, 0.3) is 0 Å². The van der Waals surface area contributed by atoms with Crippen LogP contribution in [0.2, 0.25) is 0 Å². The van der Waals surface area contributed by atoms with Crippen LogP contribution in [0.1, 0.15) is 15.9 Å². The molecule has 0 spiro atoms. The molecule has 0 bridgehead atoms. The maximum absolute atomic E-state index is 11.8. The molecule has 1 aromatic heterocycles. The molecule has 3 nitrogen and oxygen atoms in total. The van der Waals surface area contributed by atoms with Crippen LogP contribution in [0.4, 0.5) is 0 Å². The van der Waals surface area contributed by atoms with Crippen molar-refractivity contribution < 1.29 is 13.9 Å². The summed E-state index contributed by atoms with van der Waals surface area (Å²) in [5.74, 6) is 0.689. The van der Waals surface area contributed by atoms with Crippen LogP contribution in [0.15, 0.2) is 53.4 Å². The van der Waals surface area contributed by atoms with E-state index in [9.17, 15) is 4.79 Å². The number of furan rings is 1. The van der Waals surface area contributed by atoms with E-state index in [1.54, 1.807) is 56.0 Å². The van der Waals surface area contributed by atoms with E-state index in [1.807, 2.05) is 0 Å². The number of ketones is 1. The van der Waals surface area contributed by atoms with E-state index in [4.69, 9.17) is 9.15 Å². The monoisotopic (exact) mass is 228 g/mol. The second-order valence-electron chi connectivity index (χ2n) is 3.48. The SMILES string of the molecule is COc1ccc(C(=O)C=Cc2ccoc2)cc1. The third-order valence-electron chi connectivity index (χ3n) is 2.34. The molecule has 86 valence electrons. The van der Waals surface area contributed by atoms with Crippen LogP contribution in [0.3, 0.4) is 0 Å². The highest BCUT2D eigenvalue weighted by Crippen LogP contribution is 2.12. The van der Waals surface area contributed by atoms with Crippen LogP contribution >= 0.6 is 0 Å². The summed E-state index contributed by atoms with van der Waals surface area (Å²) in [5.41, 5.74) is 1.50. The van der Waals surface area contributed by atoms with Gasteiger partial charge in [-0.05, 0) is 42.5 Å². The first-order chi connectivity index (χ1) is 8.29. The molecule has 0 aliphatic heterocycles. The van der Waals surface area contributed by atoms with Crippen molar-refractivity contribution in [3.63, 3.8) is 0 Å². The number of hydrogen-bond acceptors (Lipinski definition) is 3. The molecule has 0 N–H and O–H groups in total. The third-order valence-corrected chi connectivity index (χ3v) is 2.34. The summed E-state index contributed by atoms with van der Waals surface area (Å²) in [5, 5.41) is 0. The fourth-order valence-electron chi connectivity index (χ4n) is 1.39. The predicted molar refractivity (Wildman–Crippen MR) is 65.1 cm³/mol. The summed E-state index contributed by atoms with van der Waals surface area (Å²) in [4.78, 5) is 11.8. The van der Waals surface area contributed by atoms with Gasteiger partial charge >= 0.3 is 0 Å². The van der Waals surface area contributed by atoms with Crippen LogP contribution in [0.5, 0.6) is 5.75 Å². The molecule has 0 atom stereocenters. The van der Waals surface area contributed by atoms with Gasteiger partial charge in [-0.1, -0.05) is 0 Å². The lowest BCUT2D eigenvalue weighted by Crippen LogP contribution is -1.93. The topological polar surface area (TPSA) is 39.4 Å². The number of allylic oxidation sites excluding steroid dienone is 1. The van der Waals surface area contributed by atoms with Crippen molar-refractivity contribution in [2.75, 3.05) is 7.11 Å². The van der Waals surface area contributed by atoms with Crippen LogP contribution in [-0.2, 0) is 0 Å². The smallest absolute Gasteiger partial charge is 0.185 e. The lowest BCUT2D eigenvalue weighted by Gasteiger charge is -1.99. The molecular formula is C14H12O3. The predicted octanol–water partition coefficient (Wildman–Crippen LogP) is 3.18. The first kappa shape index (κ1) is 11.2. The summed E-state index contributed by atoms with van der Waals surface area (Å²) in [6.45, 7) is 0. The Morgan fingerprint density at radius 2 is 2.00 bits per heavy atom. The van der Waals surface area contributed by atoms with Crippen molar-refractivity contribution in [3.05, 3.63) is 60.1 Å². The highest BCUT2D eigenvalue weighted by molar-refractivity contribution is 6.06. The van der Waals surface area contributed by atoms with Gasteiger partial charge in [-0.25, -0.2) is 0 Å². The minimum absolute atomic E-state index is 0.0474. The highest BCUT2D eigenvalue weighted by atomic mass is 16.5. The van der Waals surface area contributed by atoms with Crippen molar-refractivity contribution >= 4 is 11.9 Å². The normalized spacial score (nSPS) is 10.6. The average molecular weight is 228 g/mol. The van der Waals surface area contributed by atoms with E-state index in [0.717, 1.165) is 11.3 Å². The van der Waals surface area contributed by atoms with Gasteiger partial charge in [-0.2, -0.15) is 0 Å². The summed E-state index contributed by atoms with van der Waals surface area (Å²) in [6, 6.07) is 8.79. The number of carbonyl (C=O) groups excluding carboxylic acids is 1. The Bertz CT molecular complexity index is 507. The molecule has 0 saturated heterocycles. The van der Waals surface area contributed by atoms with Crippen LogP contribution in [0, 0.1) is 0 Å². The number of methoxy groups -OCH3 is 1. The first-order valence-electron chi connectivity index (χ1n) is 5.18. The molecule has 0 fully saturated rings. The van der Waals surface area contributed by atoms with Crippen molar-refractivity contribution in [1.29, 1.82) is 0 Å². The molecular weight excluding hydrogens is 216 g/mol. The molecule has 1 aromatic carbocycles. The van der Waals surface area contributed by atoms with Crippen LogP contribution in [0.25, 0.3) is 6.08 Å². The lowest BCUT2D eigenvalue weighted by molar-refractivity contribution is 0.104. The van der Waals surface area contributed by atoms with Gasteiger partial charge in [0.1, 0.15) is 5.75 Å². The van der Waals surface area contributed by atoms with Crippen molar-refractivity contribution in [2.24, 2.45) is 0 Å². The second-order valence-corrected chi connectivity index (χ2v) is 3.48. The van der Waals surface area contributed by atoms with Gasteiger partial charge in [0, 0.05) is 11.1 Å². The Morgan fingerprint density at radius 1 is 1.24 bits per heavy atom. The fraction of sp³-hybridized carbons (Fsp3) is 0.0714. The molecule has 0 unspecified atom stereocenters. The molecule has 2 rings (SSSR count). The van der Waals surface area contributed by atoms with E-state index in [0.29, 0.717) is 5.56 Å². The van der Waals surface area contributed by atoms with E-state index < -0.39 is 0 Å². The molecule has 2 aromatic rings. The van der Waals surface area contributed by atoms with Crippen molar-refractivity contribution in [2.45, 2.75) is 0 Å². The molecule has 0 amide bonds.